The number of hydrogen-bond acceptors (Lipinski definition) is 4. The SMILES string of the molecule is CCNCc1ccc(COCc2ccc(OC)cc2)nc1. The van der Waals surface area contributed by atoms with Crippen LogP contribution < -0.4 is 10.1 Å². The molecule has 0 saturated heterocycles. The summed E-state index contributed by atoms with van der Waals surface area (Å²) in [5, 5.41) is 3.28. The number of nitrogens with one attached hydrogen (secondary N) is 1. The highest BCUT2D eigenvalue weighted by atomic mass is 16.5. The molecular weight excluding hydrogens is 264 g/mol. The van der Waals surface area contributed by atoms with Gasteiger partial charge in [0.15, 0.2) is 0 Å². The normalized spacial score (nSPS) is 10.6. The quantitative estimate of drug-likeness (QED) is 0.810. The van der Waals surface area contributed by atoms with Crippen molar-refractivity contribution in [3.8, 4) is 5.75 Å². The molecule has 1 aromatic carbocycles. The number of ether oxygens (including phenoxy) is 2. The van der Waals surface area contributed by atoms with Crippen molar-refractivity contribution < 1.29 is 9.47 Å². The number of benzene rings is 1. The van der Waals surface area contributed by atoms with Crippen molar-refractivity contribution in [1.82, 2.24) is 10.3 Å². The van der Waals surface area contributed by atoms with E-state index in [9.17, 15) is 0 Å². The maximum Gasteiger partial charge on any atom is 0.118 e. The average molecular weight is 286 g/mol. The van der Waals surface area contributed by atoms with Crippen molar-refractivity contribution in [3.63, 3.8) is 0 Å². The van der Waals surface area contributed by atoms with Crippen molar-refractivity contribution in [2.45, 2.75) is 26.7 Å². The summed E-state index contributed by atoms with van der Waals surface area (Å²) < 4.78 is 10.8. The van der Waals surface area contributed by atoms with Crippen LogP contribution in [0.2, 0.25) is 0 Å². The molecule has 0 saturated carbocycles. The van der Waals surface area contributed by atoms with Crippen molar-refractivity contribution >= 4 is 0 Å². The minimum Gasteiger partial charge on any atom is -0.497 e. The van der Waals surface area contributed by atoms with Crippen LogP contribution in [0, 0.1) is 0 Å². The molecule has 2 aromatic rings. The second kappa shape index (κ2) is 8.39. The van der Waals surface area contributed by atoms with Crippen molar-refractivity contribution in [2.75, 3.05) is 13.7 Å². The Kier molecular flexibility index (Phi) is 6.19. The summed E-state index contributed by atoms with van der Waals surface area (Å²) in [6, 6.07) is 12.0. The number of rotatable bonds is 8. The molecule has 0 bridgehead atoms. The Morgan fingerprint density at radius 3 is 2.38 bits per heavy atom. The maximum atomic E-state index is 5.68. The first kappa shape index (κ1) is 15.5. The number of aromatic nitrogens is 1. The highest BCUT2D eigenvalue weighted by Gasteiger charge is 1.98. The van der Waals surface area contributed by atoms with Crippen LogP contribution in [0.3, 0.4) is 0 Å². The molecule has 1 aromatic heterocycles. The van der Waals surface area contributed by atoms with E-state index in [0.29, 0.717) is 13.2 Å². The molecule has 0 spiro atoms. The van der Waals surface area contributed by atoms with Gasteiger partial charge in [-0.25, -0.2) is 0 Å². The predicted molar refractivity (Wildman–Crippen MR) is 83.1 cm³/mol. The Bertz CT molecular complexity index is 523. The van der Waals surface area contributed by atoms with Crippen molar-refractivity contribution in [1.29, 1.82) is 0 Å². The molecule has 112 valence electrons. The second-order valence-electron chi connectivity index (χ2n) is 4.78. The van der Waals surface area contributed by atoms with Gasteiger partial charge in [-0.3, -0.25) is 4.98 Å². The first-order chi connectivity index (χ1) is 10.3. The fourth-order valence-corrected chi connectivity index (χ4v) is 1.91. The molecule has 0 unspecified atom stereocenters. The lowest BCUT2D eigenvalue weighted by atomic mass is 10.2. The highest BCUT2D eigenvalue weighted by molar-refractivity contribution is 5.26. The molecule has 0 fully saturated rings. The fraction of sp³-hybridized carbons (Fsp3) is 0.353. The van der Waals surface area contributed by atoms with Gasteiger partial charge in [-0.15, -0.1) is 0 Å². The topological polar surface area (TPSA) is 43.4 Å². The van der Waals surface area contributed by atoms with Crippen molar-refractivity contribution in [3.05, 3.63) is 59.4 Å². The molecule has 0 radical (unpaired) electrons. The van der Waals surface area contributed by atoms with Gasteiger partial charge in [0.1, 0.15) is 5.75 Å². The number of methoxy groups -OCH3 is 1. The summed E-state index contributed by atoms with van der Waals surface area (Å²) in [4.78, 5) is 4.41. The van der Waals surface area contributed by atoms with E-state index < -0.39 is 0 Å². The van der Waals surface area contributed by atoms with Crippen LogP contribution in [-0.2, 0) is 24.5 Å². The summed E-state index contributed by atoms with van der Waals surface area (Å²) >= 11 is 0. The number of hydrogen-bond donors (Lipinski definition) is 1. The molecule has 0 aliphatic rings. The molecule has 21 heavy (non-hydrogen) atoms. The molecular formula is C17H22N2O2. The maximum absolute atomic E-state index is 5.68. The lowest BCUT2D eigenvalue weighted by Crippen LogP contribution is -2.12. The Balaban J connectivity index is 1.77. The Morgan fingerprint density at radius 1 is 1.00 bits per heavy atom. The van der Waals surface area contributed by atoms with Gasteiger partial charge >= 0.3 is 0 Å². The van der Waals surface area contributed by atoms with E-state index in [-0.39, 0.29) is 0 Å². The third-order valence-corrected chi connectivity index (χ3v) is 3.14. The summed E-state index contributed by atoms with van der Waals surface area (Å²) in [6.45, 7) is 5.01. The van der Waals surface area contributed by atoms with E-state index in [1.807, 2.05) is 36.5 Å². The van der Waals surface area contributed by atoms with Crippen LogP contribution in [0.25, 0.3) is 0 Å². The average Bonchev–Trinajstić information content (AvgIpc) is 2.55. The smallest absolute Gasteiger partial charge is 0.118 e. The van der Waals surface area contributed by atoms with Crippen LogP contribution in [0.1, 0.15) is 23.7 Å². The van der Waals surface area contributed by atoms with Gasteiger partial charge in [-0.1, -0.05) is 25.1 Å². The third kappa shape index (κ3) is 5.17. The van der Waals surface area contributed by atoms with Crippen LogP contribution in [0.15, 0.2) is 42.6 Å². The van der Waals surface area contributed by atoms with E-state index in [4.69, 9.17) is 9.47 Å². The largest absolute Gasteiger partial charge is 0.497 e. The molecule has 4 nitrogen and oxygen atoms in total. The first-order valence-corrected chi connectivity index (χ1v) is 7.17. The molecule has 4 heteroatoms. The Hall–Kier alpha value is -1.91. The number of nitrogens with zero attached hydrogens (tertiary/aromatic N) is 1. The van der Waals surface area contributed by atoms with Gasteiger partial charge in [0.25, 0.3) is 0 Å². The Morgan fingerprint density at radius 2 is 1.76 bits per heavy atom. The van der Waals surface area contributed by atoms with Gasteiger partial charge < -0.3 is 14.8 Å². The summed E-state index contributed by atoms with van der Waals surface area (Å²) in [7, 11) is 1.66. The highest BCUT2D eigenvalue weighted by Crippen LogP contribution is 2.12. The van der Waals surface area contributed by atoms with E-state index >= 15 is 0 Å². The minimum absolute atomic E-state index is 0.521. The molecule has 0 amide bonds. The van der Waals surface area contributed by atoms with Crippen molar-refractivity contribution in [2.24, 2.45) is 0 Å². The zero-order chi connectivity index (χ0) is 14.9. The summed E-state index contributed by atoms with van der Waals surface area (Å²) in [5.41, 5.74) is 3.26. The van der Waals surface area contributed by atoms with E-state index in [0.717, 1.165) is 30.1 Å². The standard InChI is InChI=1S/C17H22N2O2/c1-3-18-10-15-4-7-16(19-11-15)13-21-12-14-5-8-17(20-2)9-6-14/h4-9,11,18H,3,10,12-13H2,1-2H3. The molecule has 0 atom stereocenters. The van der Waals surface area contributed by atoms with Gasteiger partial charge in [0.05, 0.1) is 26.0 Å². The van der Waals surface area contributed by atoms with Gasteiger partial charge in [-0.2, -0.15) is 0 Å². The van der Waals surface area contributed by atoms with Crippen LogP contribution >= 0.6 is 0 Å². The van der Waals surface area contributed by atoms with Gasteiger partial charge in [0.2, 0.25) is 0 Å². The molecule has 2 rings (SSSR count). The van der Waals surface area contributed by atoms with E-state index in [1.165, 1.54) is 5.56 Å². The van der Waals surface area contributed by atoms with Gasteiger partial charge in [-0.05, 0) is 35.9 Å². The first-order valence-electron chi connectivity index (χ1n) is 7.17. The zero-order valence-corrected chi connectivity index (χ0v) is 12.6. The third-order valence-electron chi connectivity index (χ3n) is 3.14. The molecule has 0 aliphatic carbocycles. The van der Waals surface area contributed by atoms with Gasteiger partial charge in [0, 0.05) is 12.7 Å². The Labute approximate surface area is 126 Å². The van der Waals surface area contributed by atoms with Crippen LogP contribution in [0.4, 0.5) is 0 Å². The minimum atomic E-state index is 0.521. The zero-order valence-electron chi connectivity index (χ0n) is 12.6. The second-order valence-corrected chi connectivity index (χ2v) is 4.78. The molecule has 0 aliphatic heterocycles. The van der Waals surface area contributed by atoms with E-state index in [1.54, 1.807) is 7.11 Å². The fourth-order valence-electron chi connectivity index (χ4n) is 1.91. The lowest BCUT2D eigenvalue weighted by Gasteiger charge is -2.06. The molecule has 1 N–H and O–H groups in total. The van der Waals surface area contributed by atoms with Crippen LogP contribution in [0.5, 0.6) is 5.75 Å². The predicted octanol–water partition coefficient (Wildman–Crippen LogP) is 2.92. The number of pyridine rings is 1. The molecule has 1 heterocycles. The summed E-state index contributed by atoms with van der Waals surface area (Å²) in [6.07, 6.45) is 1.90. The summed E-state index contributed by atoms with van der Waals surface area (Å²) in [5.74, 6) is 0.858. The van der Waals surface area contributed by atoms with E-state index in [2.05, 4.69) is 23.3 Å². The lowest BCUT2D eigenvalue weighted by molar-refractivity contribution is 0.104. The monoisotopic (exact) mass is 286 g/mol. The van der Waals surface area contributed by atoms with Crippen LogP contribution in [-0.4, -0.2) is 18.6 Å².